The summed E-state index contributed by atoms with van der Waals surface area (Å²) in [4.78, 5) is 10.8. The van der Waals surface area contributed by atoms with Gasteiger partial charge >= 0.3 is 5.97 Å². The number of carbonyl (C=O) groups is 1. The Balaban J connectivity index is 2.44. The molecule has 0 bridgehead atoms. The number of hydrogen-bond donors (Lipinski definition) is 2. The number of carboxylic acids is 1. The number of aryl methyl sites for hydroxylation is 1. The number of benzene rings is 2. The number of hydrogen-bond acceptors (Lipinski definition) is 2. The predicted molar refractivity (Wildman–Crippen MR) is 67.7 cm³/mol. The molecule has 21 heavy (non-hydrogen) atoms. The first-order valence-electron chi connectivity index (χ1n) is 5.75. The Morgan fingerprint density at radius 1 is 1.05 bits per heavy atom. The van der Waals surface area contributed by atoms with Gasteiger partial charge in [-0.3, -0.25) is 0 Å². The molecule has 2 aromatic carbocycles. The van der Waals surface area contributed by atoms with E-state index in [2.05, 4.69) is 5.32 Å². The Morgan fingerprint density at radius 3 is 2.10 bits per heavy atom. The number of halogens is 4. The maximum Gasteiger partial charge on any atom is 0.335 e. The summed E-state index contributed by atoms with van der Waals surface area (Å²) in [6, 6.07) is 3.85. The fourth-order valence-corrected chi connectivity index (χ4v) is 1.81. The molecule has 0 unspecified atom stereocenters. The van der Waals surface area contributed by atoms with Gasteiger partial charge in [-0.1, -0.05) is 0 Å². The van der Waals surface area contributed by atoms with E-state index in [1.807, 2.05) is 0 Å². The van der Waals surface area contributed by atoms with E-state index in [1.54, 1.807) is 0 Å². The third-order valence-corrected chi connectivity index (χ3v) is 2.84. The van der Waals surface area contributed by atoms with Gasteiger partial charge in [-0.15, -0.1) is 0 Å². The van der Waals surface area contributed by atoms with Gasteiger partial charge in [0, 0.05) is 11.8 Å². The molecule has 0 saturated heterocycles. The first-order valence-corrected chi connectivity index (χ1v) is 5.75. The van der Waals surface area contributed by atoms with Gasteiger partial charge in [-0.2, -0.15) is 0 Å². The summed E-state index contributed by atoms with van der Waals surface area (Å²) in [6.07, 6.45) is 0. The Kier molecular flexibility index (Phi) is 3.84. The van der Waals surface area contributed by atoms with Crippen LogP contribution in [0.1, 0.15) is 15.9 Å². The molecule has 0 saturated carbocycles. The molecule has 0 atom stereocenters. The topological polar surface area (TPSA) is 49.3 Å². The monoisotopic (exact) mass is 299 g/mol. The van der Waals surface area contributed by atoms with Crippen molar-refractivity contribution in [3.63, 3.8) is 0 Å². The van der Waals surface area contributed by atoms with E-state index in [-0.39, 0.29) is 17.3 Å². The summed E-state index contributed by atoms with van der Waals surface area (Å²) in [5.74, 6) is -7.35. The minimum atomic E-state index is -1.56. The molecule has 0 spiro atoms. The third kappa shape index (κ3) is 2.81. The van der Waals surface area contributed by atoms with Gasteiger partial charge in [0.2, 0.25) is 0 Å². The van der Waals surface area contributed by atoms with Gasteiger partial charge < -0.3 is 10.4 Å². The molecule has 3 nitrogen and oxygen atoms in total. The summed E-state index contributed by atoms with van der Waals surface area (Å²) in [5.41, 5.74) is -0.549. The Bertz CT molecular complexity index is 705. The van der Waals surface area contributed by atoms with E-state index in [0.717, 1.165) is 0 Å². The van der Waals surface area contributed by atoms with Gasteiger partial charge in [0.05, 0.1) is 5.56 Å². The molecule has 2 N–H and O–H groups in total. The van der Waals surface area contributed by atoms with Crippen LogP contribution in [-0.4, -0.2) is 11.1 Å². The van der Waals surface area contributed by atoms with Crippen LogP contribution in [0.15, 0.2) is 24.3 Å². The zero-order valence-electron chi connectivity index (χ0n) is 10.7. The van der Waals surface area contributed by atoms with Crippen molar-refractivity contribution in [2.75, 3.05) is 5.32 Å². The Morgan fingerprint density at radius 2 is 1.62 bits per heavy atom. The van der Waals surface area contributed by atoms with E-state index in [9.17, 15) is 22.4 Å². The third-order valence-electron chi connectivity index (χ3n) is 2.84. The number of anilines is 2. The van der Waals surface area contributed by atoms with Gasteiger partial charge in [0.1, 0.15) is 5.69 Å². The fraction of sp³-hybridized carbons (Fsp3) is 0.0714. The maximum absolute atomic E-state index is 13.5. The van der Waals surface area contributed by atoms with Crippen LogP contribution >= 0.6 is 0 Å². The van der Waals surface area contributed by atoms with Crippen molar-refractivity contribution in [1.82, 2.24) is 0 Å². The van der Waals surface area contributed by atoms with Crippen LogP contribution in [0.4, 0.5) is 28.9 Å². The molecular weight excluding hydrogens is 290 g/mol. The molecule has 0 heterocycles. The molecule has 0 aliphatic carbocycles. The first kappa shape index (κ1) is 14.8. The minimum absolute atomic E-state index is 0.00640. The lowest BCUT2D eigenvalue weighted by Crippen LogP contribution is -2.04. The molecule has 110 valence electrons. The molecule has 7 heteroatoms. The first-order chi connectivity index (χ1) is 9.81. The molecule has 2 aromatic rings. The fourth-order valence-electron chi connectivity index (χ4n) is 1.81. The summed E-state index contributed by atoms with van der Waals surface area (Å²) >= 11 is 0. The summed E-state index contributed by atoms with van der Waals surface area (Å²) in [6.45, 7) is 1.48. The van der Waals surface area contributed by atoms with Crippen molar-refractivity contribution in [3.05, 3.63) is 58.7 Å². The zero-order chi connectivity index (χ0) is 15.7. The van der Waals surface area contributed by atoms with Crippen LogP contribution in [0, 0.1) is 30.2 Å². The van der Waals surface area contributed by atoms with Crippen molar-refractivity contribution in [2.45, 2.75) is 6.92 Å². The highest BCUT2D eigenvalue weighted by atomic mass is 19.2. The Hall–Kier alpha value is -2.57. The second kappa shape index (κ2) is 5.43. The summed E-state index contributed by atoms with van der Waals surface area (Å²) in [5, 5.41) is 11.1. The lowest BCUT2D eigenvalue weighted by Gasteiger charge is -2.11. The molecule has 2 rings (SSSR count). The van der Waals surface area contributed by atoms with Crippen LogP contribution in [0.3, 0.4) is 0 Å². The van der Waals surface area contributed by atoms with Gasteiger partial charge in [0.15, 0.2) is 23.3 Å². The summed E-state index contributed by atoms with van der Waals surface area (Å²) in [7, 11) is 0. The lowest BCUT2D eigenvalue weighted by atomic mass is 10.1. The molecule has 0 radical (unpaired) electrons. The molecule has 0 fully saturated rings. The van der Waals surface area contributed by atoms with Crippen LogP contribution in [0.5, 0.6) is 0 Å². The van der Waals surface area contributed by atoms with Crippen LogP contribution in [0.25, 0.3) is 0 Å². The van der Waals surface area contributed by atoms with E-state index in [0.29, 0.717) is 5.56 Å². The van der Waals surface area contributed by atoms with Crippen molar-refractivity contribution in [2.24, 2.45) is 0 Å². The number of carboxylic acid groups (broad SMARTS) is 1. The van der Waals surface area contributed by atoms with E-state index < -0.39 is 34.9 Å². The Labute approximate surface area is 116 Å². The zero-order valence-corrected chi connectivity index (χ0v) is 10.7. The normalized spacial score (nSPS) is 10.5. The number of aromatic carboxylic acids is 1. The van der Waals surface area contributed by atoms with Crippen molar-refractivity contribution in [1.29, 1.82) is 0 Å². The van der Waals surface area contributed by atoms with E-state index in [1.165, 1.54) is 25.1 Å². The standard InChI is InChI=1S/C14H9F4NO2/c1-6-4-7(2-3-8(6)14(20)21)19-13-11(17)9(15)5-10(16)12(13)18/h2-5,19H,1H3,(H,20,21). The van der Waals surface area contributed by atoms with E-state index >= 15 is 0 Å². The molecule has 0 aliphatic rings. The molecule has 0 aromatic heterocycles. The smallest absolute Gasteiger partial charge is 0.335 e. The average Bonchev–Trinajstić information content (AvgIpc) is 2.41. The largest absolute Gasteiger partial charge is 0.478 e. The number of nitrogens with one attached hydrogen (secondary N) is 1. The van der Waals surface area contributed by atoms with Crippen LogP contribution < -0.4 is 5.32 Å². The predicted octanol–water partition coefficient (Wildman–Crippen LogP) is 3.99. The van der Waals surface area contributed by atoms with Crippen LogP contribution in [0.2, 0.25) is 0 Å². The van der Waals surface area contributed by atoms with Crippen molar-refractivity contribution >= 4 is 17.3 Å². The minimum Gasteiger partial charge on any atom is -0.478 e. The van der Waals surface area contributed by atoms with Gasteiger partial charge in [-0.05, 0) is 30.7 Å². The molecule has 0 aliphatic heterocycles. The highest BCUT2D eigenvalue weighted by Gasteiger charge is 2.19. The highest BCUT2D eigenvalue weighted by Crippen LogP contribution is 2.28. The lowest BCUT2D eigenvalue weighted by molar-refractivity contribution is 0.0696. The van der Waals surface area contributed by atoms with Gasteiger partial charge in [-0.25, -0.2) is 22.4 Å². The second-order valence-corrected chi connectivity index (χ2v) is 4.30. The highest BCUT2D eigenvalue weighted by molar-refractivity contribution is 5.90. The second-order valence-electron chi connectivity index (χ2n) is 4.30. The van der Waals surface area contributed by atoms with Crippen molar-refractivity contribution < 1.29 is 27.5 Å². The SMILES string of the molecule is Cc1cc(Nc2c(F)c(F)cc(F)c2F)ccc1C(=O)O. The number of rotatable bonds is 3. The summed E-state index contributed by atoms with van der Waals surface area (Å²) < 4.78 is 53.1. The average molecular weight is 299 g/mol. The van der Waals surface area contributed by atoms with E-state index in [4.69, 9.17) is 5.11 Å². The quantitative estimate of drug-likeness (QED) is 0.665. The van der Waals surface area contributed by atoms with Crippen LogP contribution in [-0.2, 0) is 0 Å². The van der Waals surface area contributed by atoms with Gasteiger partial charge in [0.25, 0.3) is 0 Å². The molecular formula is C14H9F4NO2. The maximum atomic E-state index is 13.5. The van der Waals surface area contributed by atoms with Crippen molar-refractivity contribution in [3.8, 4) is 0 Å². The molecule has 0 amide bonds.